The molecule has 0 amide bonds. The van der Waals surface area contributed by atoms with Crippen molar-refractivity contribution in [3.63, 3.8) is 0 Å². The number of benzene rings is 1. The molecule has 1 aromatic carbocycles. The third-order valence-corrected chi connectivity index (χ3v) is 6.59. The number of ketones is 1. The van der Waals surface area contributed by atoms with Crippen LogP contribution in [0.1, 0.15) is 66.2 Å². The average molecular weight is 468 g/mol. The SMILES string of the molecule is Cc1ccc(F)c(-c2nc(C(=O)Cc3cnccc3[C@H]3C[C@@H](N)CC(C)(C)C3)ccc2F)c1F. The van der Waals surface area contributed by atoms with E-state index in [4.69, 9.17) is 5.73 Å². The van der Waals surface area contributed by atoms with Crippen LogP contribution in [-0.2, 0) is 6.42 Å². The summed E-state index contributed by atoms with van der Waals surface area (Å²) < 4.78 is 43.5. The molecule has 2 heterocycles. The Morgan fingerprint density at radius 2 is 1.82 bits per heavy atom. The van der Waals surface area contributed by atoms with Crippen molar-refractivity contribution < 1.29 is 18.0 Å². The van der Waals surface area contributed by atoms with Crippen molar-refractivity contribution >= 4 is 5.78 Å². The Bertz CT molecular complexity index is 1240. The highest BCUT2D eigenvalue weighted by Gasteiger charge is 2.34. The maximum Gasteiger partial charge on any atom is 0.185 e. The number of halogens is 3. The summed E-state index contributed by atoms with van der Waals surface area (Å²) in [4.78, 5) is 21.4. The van der Waals surface area contributed by atoms with Gasteiger partial charge in [0.2, 0.25) is 0 Å². The lowest BCUT2D eigenvalue weighted by atomic mass is 9.68. The van der Waals surface area contributed by atoms with E-state index in [1.165, 1.54) is 19.1 Å². The molecule has 0 bridgehead atoms. The summed E-state index contributed by atoms with van der Waals surface area (Å²) in [5.74, 6) is -2.94. The van der Waals surface area contributed by atoms with Crippen molar-refractivity contribution in [2.75, 3.05) is 0 Å². The van der Waals surface area contributed by atoms with Gasteiger partial charge in [-0.2, -0.15) is 0 Å². The first-order valence-electron chi connectivity index (χ1n) is 11.4. The number of hydrogen-bond acceptors (Lipinski definition) is 4. The Morgan fingerprint density at radius 1 is 1.09 bits per heavy atom. The molecule has 0 spiro atoms. The lowest BCUT2D eigenvalue weighted by Gasteiger charge is -2.39. The molecule has 0 saturated heterocycles. The number of Topliss-reactive ketones (excluding diaryl/α,β-unsaturated/α-hetero) is 1. The fourth-order valence-corrected chi connectivity index (χ4v) is 5.12. The molecule has 0 aliphatic heterocycles. The zero-order chi connectivity index (χ0) is 24.6. The van der Waals surface area contributed by atoms with E-state index in [9.17, 15) is 18.0 Å². The fourth-order valence-electron chi connectivity index (χ4n) is 5.12. The summed E-state index contributed by atoms with van der Waals surface area (Å²) in [6.07, 6.45) is 6.05. The minimum atomic E-state index is -0.940. The number of pyridine rings is 2. The van der Waals surface area contributed by atoms with E-state index in [0.717, 1.165) is 42.5 Å². The topological polar surface area (TPSA) is 68.9 Å². The van der Waals surface area contributed by atoms with E-state index in [1.807, 2.05) is 6.07 Å². The average Bonchev–Trinajstić information content (AvgIpc) is 2.76. The van der Waals surface area contributed by atoms with Crippen molar-refractivity contribution in [1.82, 2.24) is 9.97 Å². The third kappa shape index (κ3) is 4.89. The number of aromatic nitrogens is 2. The van der Waals surface area contributed by atoms with Gasteiger partial charge in [-0.15, -0.1) is 0 Å². The lowest BCUT2D eigenvalue weighted by Crippen LogP contribution is -2.36. The first kappa shape index (κ1) is 24.1. The van der Waals surface area contributed by atoms with Crippen molar-refractivity contribution in [1.29, 1.82) is 0 Å². The number of rotatable bonds is 5. The van der Waals surface area contributed by atoms with Crippen molar-refractivity contribution in [2.24, 2.45) is 11.1 Å². The Morgan fingerprint density at radius 3 is 2.56 bits per heavy atom. The number of carbonyl (C=O) groups is 1. The predicted molar refractivity (Wildman–Crippen MR) is 125 cm³/mol. The summed E-state index contributed by atoms with van der Waals surface area (Å²) in [6.45, 7) is 5.84. The molecule has 7 heteroatoms. The van der Waals surface area contributed by atoms with Crippen LogP contribution < -0.4 is 5.73 Å². The minimum absolute atomic E-state index is 0.00774. The zero-order valence-electron chi connectivity index (χ0n) is 19.5. The molecule has 0 radical (unpaired) electrons. The first-order chi connectivity index (χ1) is 16.1. The number of nitrogens with two attached hydrogens (primary N) is 1. The Hall–Kier alpha value is -3.06. The van der Waals surface area contributed by atoms with Crippen LogP contribution in [0.5, 0.6) is 0 Å². The molecule has 178 valence electrons. The molecule has 3 aromatic rings. The van der Waals surface area contributed by atoms with Crippen LogP contribution in [0.2, 0.25) is 0 Å². The van der Waals surface area contributed by atoms with E-state index in [1.54, 1.807) is 12.4 Å². The molecule has 4 rings (SSSR count). The summed E-state index contributed by atoms with van der Waals surface area (Å²) in [5.41, 5.74) is 7.17. The highest BCUT2D eigenvalue weighted by Crippen LogP contribution is 2.43. The van der Waals surface area contributed by atoms with Gasteiger partial charge in [0.1, 0.15) is 28.8 Å². The van der Waals surface area contributed by atoms with Gasteiger partial charge in [-0.25, -0.2) is 18.2 Å². The molecule has 1 saturated carbocycles. The molecule has 1 aliphatic carbocycles. The Labute approximate surface area is 197 Å². The highest BCUT2D eigenvalue weighted by molar-refractivity contribution is 5.96. The van der Waals surface area contributed by atoms with Gasteiger partial charge >= 0.3 is 0 Å². The summed E-state index contributed by atoms with van der Waals surface area (Å²) in [5, 5.41) is 0. The maximum absolute atomic E-state index is 14.6. The summed E-state index contributed by atoms with van der Waals surface area (Å²) >= 11 is 0. The molecule has 2 atom stereocenters. The largest absolute Gasteiger partial charge is 0.328 e. The number of nitrogens with zero attached hydrogens (tertiary/aromatic N) is 2. The van der Waals surface area contributed by atoms with E-state index in [0.29, 0.717) is 0 Å². The standard InChI is InChI=1S/C27H28F3N3O/c1-15-4-5-20(28)24(25(15)30)26-21(29)6-7-22(33-26)23(34)11-17-14-32-9-8-19(17)16-10-18(31)13-27(2,3)12-16/h4-9,14,16,18H,10-13,31H2,1-3H3/t16-,18+/m0/s1. The first-order valence-corrected chi connectivity index (χ1v) is 11.4. The fraction of sp³-hybridized carbons (Fsp3) is 0.370. The van der Waals surface area contributed by atoms with Crippen molar-refractivity contribution in [2.45, 2.75) is 58.4 Å². The van der Waals surface area contributed by atoms with E-state index >= 15 is 0 Å². The van der Waals surface area contributed by atoms with Crippen LogP contribution >= 0.6 is 0 Å². The van der Waals surface area contributed by atoms with E-state index in [-0.39, 0.29) is 40.8 Å². The third-order valence-electron chi connectivity index (χ3n) is 6.59. The highest BCUT2D eigenvalue weighted by atomic mass is 19.1. The smallest absolute Gasteiger partial charge is 0.185 e. The summed E-state index contributed by atoms with van der Waals surface area (Å²) in [7, 11) is 0. The van der Waals surface area contributed by atoms with Crippen LogP contribution in [-0.4, -0.2) is 21.8 Å². The van der Waals surface area contributed by atoms with Crippen LogP contribution in [0.25, 0.3) is 11.3 Å². The molecule has 0 unspecified atom stereocenters. The quantitative estimate of drug-likeness (QED) is 0.473. The van der Waals surface area contributed by atoms with Gasteiger partial charge in [0.15, 0.2) is 5.78 Å². The van der Waals surface area contributed by atoms with Crippen LogP contribution in [0.15, 0.2) is 42.7 Å². The van der Waals surface area contributed by atoms with Gasteiger partial charge in [-0.3, -0.25) is 9.78 Å². The minimum Gasteiger partial charge on any atom is -0.328 e. The van der Waals surface area contributed by atoms with Crippen LogP contribution in [0.3, 0.4) is 0 Å². The van der Waals surface area contributed by atoms with Crippen LogP contribution in [0.4, 0.5) is 13.2 Å². The van der Waals surface area contributed by atoms with E-state index < -0.39 is 28.7 Å². The maximum atomic E-state index is 14.6. The number of aryl methyl sites for hydroxylation is 1. The molecular formula is C27H28F3N3O. The van der Waals surface area contributed by atoms with Crippen molar-refractivity contribution in [3.05, 3.63) is 82.6 Å². The normalized spacial score (nSPS) is 19.7. The second-order valence-corrected chi connectivity index (χ2v) is 10.0. The van der Waals surface area contributed by atoms with Gasteiger partial charge in [-0.05, 0) is 78.5 Å². The number of hydrogen-bond donors (Lipinski definition) is 1. The predicted octanol–water partition coefficient (Wildman–Crippen LogP) is 5.92. The molecule has 34 heavy (non-hydrogen) atoms. The molecule has 4 nitrogen and oxygen atoms in total. The Kier molecular flexibility index (Phi) is 6.58. The number of carbonyl (C=O) groups excluding carboxylic acids is 1. The molecule has 1 fully saturated rings. The Balaban J connectivity index is 1.66. The summed E-state index contributed by atoms with van der Waals surface area (Å²) in [6, 6.07) is 6.57. The monoisotopic (exact) mass is 467 g/mol. The lowest BCUT2D eigenvalue weighted by molar-refractivity contribution is 0.0987. The van der Waals surface area contributed by atoms with Crippen molar-refractivity contribution in [3.8, 4) is 11.3 Å². The van der Waals surface area contributed by atoms with Gasteiger partial charge in [0.25, 0.3) is 0 Å². The van der Waals surface area contributed by atoms with Gasteiger partial charge in [0.05, 0.1) is 5.56 Å². The molecular weight excluding hydrogens is 439 g/mol. The van der Waals surface area contributed by atoms with Gasteiger partial charge in [-0.1, -0.05) is 19.9 Å². The van der Waals surface area contributed by atoms with Gasteiger partial charge in [0, 0.05) is 24.9 Å². The van der Waals surface area contributed by atoms with Gasteiger partial charge < -0.3 is 5.73 Å². The second-order valence-electron chi connectivity index (χ2n) is 10.0. The molecule has 2 N–H and O–H groups in total. The zero-order valence-corrected chi connectivity index (χ0v) is 19.5. The molecule has 2 aromatic heterocycles. The molecule has 1 aliphatic rings. The van der Waals surface area contributed by atoms with E-state index in [2.05, 4.69) is 23.8 Å². The second kappa shape index (κ2) is 9.29. The van der Waals surface area contributed by atoms with Crippen LogP contribution in [0, 0.1) is 29.8 Å².